The maximum Gasteiger partial charge on any atom is 0.229 e. The second kappa shape index (κ2) is 7.36. The molecule has 5 nitrogen and oxygen atoms in total. The van der Waals surface area contributed by atoms with Crippen molar-refractivity contribution in [1.82, 2.24) is 10.2 Å². The fourth-order valence-corrected chi connectivity index (χ4v) is 3.29. The molecule has 2 aromatic rings. The Morgan fingerprint density at radius 2 is 1.96 bits per heavy atom. The van der Waals surface area contributed by atoms with E-state index in [0.717, 1.165) is 30.9 Å². The van der Waals surface area contributed by atoms with Gasteiger partial charge in [-0.3, -0.25) is 4.79 Å². The van der Waals surface area contributed by atoms with E-state index in [9.17, 15) is 4.79 Å². The number of anilines is 2. The maximum absolute atomic E-state index is 12.6. The van der Waals surface area contributed by atoms with E-state index < -0.39 is 0 Å². The van der Waals surface area contributed by atoms with Gasteiger partial charge in [-0.2, -0.15) is 5.10 Å². The van der Waals surface area contributed by atoms with E-state index in [0.29, 0.717) is 22.3 Å². The number of nitrogens with one attached hydrogen (secondary N) is 1. The van der Waals surface area contributed by atoms with E-state index in [4.69, 9.17) is 23.2 Å². The summed E-state index contributed by atoms with van der Waals surface area (Å²) in [6.45, 7) is 3.37. The molecule has 24 heavy (non-hydrogen) atoms. The van der Waals surface area contributed by atoms with Crippen molar-refractivity contribution < 1.29 is 4.79 Å². The van der Waals surface area contributed by atoms with Gasteiger partial charge in [0.05, 0.1) is 27.3 Å². The number of halogens is 2. The lowest BCUT2D eigenvalue weighted by molar-refractivity contribution is -0.120. The smallest absolute Gasteiger partial charge is 0.229 e. The van der Waals surface area contributed by atoms with Gasteiger partial charge in [0.25, 0.3) is 0 Å². The van der Waals surface area contributed by atoms with Crippen molar-refractivity contribution in [3.05, 3.63) is 46.1 Å². The third-order valence-corrected chi connectivity index (χ3v) is 4.74. The molecule has 1 saturated heterocycles. The molecule has 1 N–H and O–H groups in total. The quantitative estimate of drug-likeness (QED) is 0.895. The van der Waals surface area contributed by atoms with Crippen LogP contribution in [0.1, 0.15) is 18.5 Å². The predicted molar refractivity (Wildman–Crippen MR) is 96.8 cm³/mol. The molecule has 0 bridgehead atoms. The van der Waals surface area contributed by atoms with Crippen molar-refractivity contribution in [3.63, 3.8) is 0 Å². The van der Waals surface area contributed by atoms with Gasteiger partial charge in [-0.25, -0.2) is 0 Å². The first-order valence-electron chi connectivity index (χ1n) is 7.85. The van der Waals surface area contributed by atoms with Gasteiger partial charge in [0.15, 0.2) is 5.82 Å². The number of rotatable bonds is 3. The minimum atomic E-state index is -0.144. The number of amides is 1. The number of hydrogen-bond donors (Lipinski definition) is 1. The van der Waals surface area contributed by atoms with Gasteiger partial charge in [-0.15, -0.1) is 5.10 Å². The second-order valence-electron chi connectivity index (χ2n) is 5.90. The number of aryl methyl sites for hydroxylation is 1. The van der Waals surface area contributed by atoms with E-state index in [1.165, 1.54) is 0 Å². The van der Waals surface area contributed by atoms with Crippen molar-refractivity contribution in [1.29, 1.82) is 0 Å². The molecule has 1 unspecified atom stereocenters. The summed E-state index contributed by atoms with van der Waals surface area (Å²) >= 11 is 12.2. The van der Waals surface area contributed by atoms with E-state index in [1.807, 2.05) is 19.1 Å². The summed E-state index contributed by atoms with van der Waals surface area (Å²) in [6, 6.07) is 9.03. The first-order chi connectivity index (χ1) is 11.5. The molecule has 2 heterocycles. The highest BCUT2D eigenvalue weighted by Crippen LogP contribution is 2.31. The molecule has 0 spiro atoms. The molecule has 1 amide bonds. The van der Waals surface area contributed by atoms with Gasteiger partial charge in [-0.1, -0.05) is 29.3 Å². The molecular weight excluding hydrogens is 347 g/mol. The zero-order valence-corrected chi connectivity index (χ0v) is 14.8. The molecule has 0 aliphatic carbocycles. The summed E-state index contributed by atoms with van der Waals surface area (Å²) in [7, 11) is 0. The summed E-state index contributed by atoms with van der Waals surface area (Å²) in [5, 5.41) is 12.0. The first kappa shape index (κ1) is 17.0. The Morgan fingerprint density at radius 1 is 1.21 bits per heavy atom. The Hall–Kier alpha value is -1.85. The zero-order valence-electron chi connectivity index (χ0n) is 13.3. The number of hydrogen-bond acceptors (Lipinski definition) is 4. The third kappa shape index (κ3) is 3.79. The molecule has 0 saturated carbocycles. The highest BCUT2D eigenvalue weighted by atomic mass is 35.5. The Kier molecular flexibility index (Phi) is 5.21. The Balaban J connectivity index is 1.70. The van der Waals surface area contributed by atoms with Gasteiger partial charge < -0.3 is 10.2 Å². The fourth-order valence-electron chi connectivity index (χ4n) is 2.80. The minimum Gasteiger partial charge on any atom is -0.354 e. The van der Waals surface area contributed by atoms with E-state index in [1.54, 1.807) is 18.2 Å². The number of carbonyl (C=O) groups excluding carboxylic acids is 1. The van der Waals surface area contributed by atoms with Gasteiger partial charge in [-0.05, 0) is 44.0 Å². The van der Waals surface area contributed by atoms with Crippen LogP contribution in [0.3, 0.4) is 0 Å². The van der Waals surface area contributed by atoms with Crippen LogP contribution in [0, 0.1) is 12.8 Å². The normalized spacial score (nSPS) is 17.6. The molecule has 1 aliphatic rings. The molecule has 1 aromatic heterocycles. The minimum absolute atomic E-state index is 0.0743. The number of aromatic nitrogens is 2. The molecule has 1 aliphatic heterocycles. The van der Waals surface area contributed by atoms with E-state index >= 15 is 0 Å². The fraction of sp³-hybridized carbons (Fsp3) is 0.353. The van der Waals surface area contributed by atoms with Crippen LogP contribution in [0.25, 0.3) is 0 Å². The van der Waals surface area contributed by atoms with E-state index in [-0.39, 0.29) is 11.8 Å². The molecule has 3 rings (SSSR count). The molecule has 1 atom stereocenters. The molecule has 1 fully saturated rings. The standard InChI is InChI=1S/C17H18Cl2N4O/c1-11-7-8-15(22-21-11)23-9-3-4-12(10-23)17(24)20-16-13(18)5-2-6-14(16)19/h2,5-8,12H,3-4,9-10H2,1H3,(H,20,24). The lowest BCUT2D eigenvalue weighted by Crippen LogP contribution is -2.41. The van der Waals surface area contributed by atoms with Crippen LogP contribution < -0.4 is 10.2 Å². The van der Waals surface area contributed by atoms with Crippen molar-refractivity contribution >= 4 is 40.6 Å². The number of carbonyl (C=O) groups is 1. The van der Waals surface area contributed by atoms with Crippen molar-refractivity contribution in [2.75, 3.05) is 23.3 Å². The lowest BCUT2D eigenvalue weighted by atomic mass is 9.97. The molecule has 1 aromatic carbocycles. The molecular formula is C17H18Cl2N4O. The van der Waals surface area contributed by atoms with Gasteiger partial charge in [0.1, 0.15) is 0 Å². The topological polar surface area (TPSA) is 58.1 Å². The zero-order chi connectivity index (χ0) is 17.1. The molecule has 126 valence electrons. The van der Waals surface area contributed by atoms with Crippen LogP contribution in [0.15, 0.2) is 30.3 Å². The van der Waals surface area contributed by atoms with Crippen molar-refractivity contribution in [3.8, 4) is 0 Å². The highest BCUT2D eigenvalue weighted by molar-refractivity contribution is 6.39. The van der Waals surface area contributed by atoms with E-state index in [2.05, 4.69) is 20.4 Å². The van der Waals surface area contributed by atoms with Crippen LogP contribution >= 0.6 is 23.2 Å². The van der Waals surface area contributed by atoms with Crippen molar-refractivity contribution in [2.45, 2.75) is 19.8 Å². The number of para-hydroxylation sites is 1. The predicted octanol–water partition coefficient (Wildman–Crippen LogP) is 3.95. The number of piperidine rings is 1. The van der Waals surface area contributed by atoms with Crippen LogP contribution in [0.2, 0.25) is 10.0 Å². The Labute approximate surface area is 151 Å². The number of benzene rings is 1. The summed E-state index contributed by atoms with van der Waals surface area (Å²) in [6.07, 6.45) is 1.74. The van der Waals surface area contributed by atoms with Crippen LogP contribution in [-0.2, 0) is 4.79 Å². The highest BCUT2D eigenvalue weighted by Gasteiger charge is 2.27. The third-order valence-electron chi connectivity index (χ3n) is 4.11. The summed E-state index contributed by atoms with van der Waals surface area (Å²) in [5.74, 6) is 0.581. The average molecular weight is 365 g/mol. The van der Waals surface area contributed by atoms with Gasteiger partial charge in [0, 0.05) is 13.1 Å². The summed E-state index contributed by atoms with van der Waals surface area (Å²) in [4.78, 5) is 14.7. The second-order valence-corrected chi connectivity index (χ2v) is 6.72. The van der Waals surface area contributed by atoms with Crippen LogP contribution in [0.4, 0.5) is 11.5 Å². The SMILES string of the molecule is Cc1ccc(N2CCCC(C(=O)Nc3c(Cl)cccc3Cl)C2)nn1. The molecule has 7 heteroatoms. The van der Waals surface area contributed by atoms with Crippen LogP contribution in [0.5, 0.6) is 0 Å². The van der Waals surface area contributed by atoms with Gasteiger partial charge >= 0.3 is 0 Å². The van der Waals surface area contributed by atoms with Crippen molar-refractivity contribution in [2.24, 2.45) is 5.92 Å². The van der Waals surface area contributed by atoms with Gasteiger partial charge in [0.2, 0.25) is 5.91 Å². The average Bonchev–Trinajstić information content (AvgIpc) is 2.59. The maximum atomic E-state index is 12.6. The summed E-state index contributed by atoms with van der Waals surface area (Å²) in [5.41, 5.74) is 1.34. The molecule has 0 radical (unpaired) electrons. The Bertz CT molecular complexity index is 716. The largest absolute Gasteiger partial charge is 0.354 e. The lowest BCUT2D eigenvalue weighted by Gasteiger charge is -2.32. The van der Waals surface area contributed by atoms with Crippen LogP contribution in [-0.4, -0.2) is 29.2 Å². The number of nitrogens with zero attached hydrogens (tertiary/aromatic N) is 3. The first-order valence-corrected chi connectivity index (χ1v) is 8.60. The summed E-state index contributed by atoms with van der Waals surface area (Å²) < 4.78 is 0. The monoisotopic (exact) mass is 364 g/mol. The Morgan fingerprint density at radius 3 is 2.62 bits per heavy atom.